The summed E-state index contributed by atoms with van der Waals surface area (Å²) < 4.78 is 26.2. The maximum Gasteiger partial charge on any atom is 0.306 e. The lowest BCUT2D eigenvalue weighted by Crippen LogP contribution is -2.55. The van der Waals surface area contributed by atoms with E-state index in [1.165, 1.54) is 20.6 Å². The summed E-state index contributed by atoms with van der Waals surface area (Å²) in [6.07, 6.45) is -1.61. The first-order chi connectivity index (χ1) is 8.13. The lowest BCUT2D eigenvalue weighted by Gasteiger charge is -2.34. The summed E-state index contributed by atoms with van der Waals surface area (Å²) in [5.41, 5.74) is 0. The SMILES string of the molecule is COC[C@H]1O[CH+][C@H](OC(C)=O)[C@@H](OC)[C@@H]1OC. The van der Waals surface area contributed by atoms with Crippen molar-refractivity contribution in [1.29, 1.82) is 0 Å². The van der Waals surface area contributed by atoms with Crippen LogP contribution >= 0.6 is 0 Å². The summed E-state index contributed by atoms with van der Waals surface area (Å²) in [5, 5.41) is 0. The maximum absolute atomic E-state index is 11.0. The van der Waals surface area contributed by atoms with Gasteiger partial charge < -0.3 is 18.9 Å². The fraction of sp³-hybridized carbons (Fsp3) is 0.818. The fourth-order valence-electron chi connectivity index (χ4n) is 1.87. The molecule has 0 aromatic rings. The minimum atomic E-state index is -0.574. The van der Waals surface area contributed by atoms with Crippen LogP contribution in [0.4, 0.5) is 0 Å². The van der Waals surface area contributed by atoms with E-state index in [0.717, 1.165) is 0 Å². The van der Waals surface area contributed by atoms with Gasteiger partial charge in [-0.1, -0.05) is 0 Å². The zero-order chi connectivity index (χ0) is 12.8. The first kappa shape index (κ1) is 14.2. The van der Waals surface area contributed by atoms with Crippen LogP contribution in [-0.4, -0.2) is 58.3 Å². The normalized spacial score (nSPS) is 32.9. The fourth-order valence-corrected chi connectivity index (χ4v) is 1.87. The molecule has 0 spiro atoms. The second-order valence-corrected chi connectivity index (χ2v) is 3.74. The number of carbonyl (C=O) groups is 1. The molecule has 0 amide bonds. The molecule has 1 fully saturated rings. The van der Waals surface area contributed by atoms with Crippen LogP contribution in [0.3, 0.4) is 0 Å². The van der Waals surface area contributed by atoms with Gasteiger partial charge in [0.2, 0.25) is 0 Å². The number of rotatable bonds is 5. The standard InChI is InChI=1S/C11H19O6/c1-7(12)17-9-6-16-8(5-13-2)10(14-3)11(9)15-4/h6,8-11H,5H2,1-4H3/q+1/t8-,9+,10-,11-/m1/s1. The predicted octanol–water partition coefficient (Wildman–Crippen LogP) is 0.155. The summed E-state index contributed by atoms with van der Waals surface area (Å²) >= 11 is 0. The Morgan fingerprint density at radius 2 is 1.88 bits per heavy atom. The Labute approximate surface area is 101 Å². The van der Waals surface area contributed by atoms with Crippen LogP contribution in [0.25, 0.3) is 0 Å². The first-order valence-electron chi connectivity index (χ1n) is 5.34. The molecule has 0 aromatic carbocycles. The monoisotopic (exact) mass is 247 g/mol. The van der Waals surface area contributed by atoms with Crippen LogP contribution in [0.1, 0.15) is 6.92 Å². The van der Waals surface area contributed by atoms with E-state index in [0.29, 0.717) is 6.61 Å². The summed E-state index contributed by atoms with van der Waals surface area (Å²) in [4.78, 5) is 11.0. The molecule has 1 saturated heterocycles. The average molecular weight is 247 g/mol. The summed E-state index contributed by atoms with van der Waals surface area (Å²) in [6, 6.07) is 0. The molecule has 1 heterocycles. The Hall–Kier alpha value is -0.820. The zero-order valence-corrected chi connectivity index (χ0v) is 10.5. The van der Waals surface area contributed by atoms with Crippen LogP contribution in [0.15, 0.2) is 0 Å². The van der Waals surface area contributed by atoms with Gasteiger partial charge in [0.05, 0.1) is 6.61 Å². The molecule has 0 bridgehead atoms. The molecule has 6 nitrogen and oxygen atoms in total. The minimum Gasteiger partial charge on any atom is -0.414 e. The quantitative estimate of drug-likeness (QED) is 0.509. The molecule has 0 unspecified atom stereocenters. The van der Waals surface area contributed by atoms with Gasteiger partial charge in [0.25, 0.3) is 12.7 Å². The van der Waals surface area contributed by atoms with Crippen LogP contribution in [0.2, 0.25) is 0 Å². The highest BCUT2D eigenvalue weighted by Crippen LogP contribution is 2.25. The lowest BCUT2D eigenvalue weighted by molar-refractivity contribution is -0.205. The lowest BCUT2D eigenvalue weighted by atomic mass is 10.00. The molecule has 0 aliphatic carbocycles. The van der Waals surface area contributed by atoms with E-state index in [2.05, 4.69) is 0 Å². The Kier molecular flexibility index (Phi) is 5.70. The highest BCUT2D eigenvalue weighted by Gasteiger charge is 2.49. The molecule has 0 radical (unpaired) electrons. The van der Waals surface area contributed by atoms with Crippen molar-refractivity contribution in [2.75, 3.05) is 27.9 Å². The molecule has 1 rings (SSSR count). The molecule has 17 heavy (non-hydrogen) atoms. The second-order valence-electron chi connectivity index (χ2n) is 3.74. The molecule has 1 aliphatic heterocycles. The predicted molar refractivity (Wildman–Crippen MR) is 58.2 cm³/mol. The molecular formula is C11H19O6+. The Morgan fingerprint density at radius 1 is 1.24 bits per heavy atom. The number of hydrogen-bond acceptors (Lipinski definition) is 6. The number of hydrogen-bond donors (Lipinski definition) is 0. The Balaban J connectivity index is 2.70. The number of methoxy groups -OCH3 is 3. The van der Waals surface area contributed by atoms with Crippen LogP contribution in [-0.2, 0) is 28.5 Å². The van der Waals surface area contributed by atoms with Crippen molar-refractivity contribution in [3.63, 3.8) is 0 Å². The van der Waals surface area contributed by atoms with Crippen LogP contribution < -0.4 is 0 Å². The van der Waals surface area contributed by atoms with Gasteiger partial charge in [-0.25, -0.2) is 0 Å². The van der Waals surface area contributed by atoms with Gasteiger partial charge in [-0.15, -0.1) is 0 Å². The third kappa shape index (κ3) is 3.57. The first-order valence-corrected chi connectivity index (χ1v) is 5.34. The van der Waals surface area contributed by atoms with E-state index < -0.39 is 18.2 Å². The van der Waals surface area contributed by atoms with E-state index in [1.807, 2.05) is 0 Å². The maximum atomic E-state index is 11.0. The number of ether oxygens (including phenoxy) is 5. The smallest absolute Gasteiger partial charge is 0.306 e. The van der Waals surface area contributed by atoms with Crippen molar-refractivity contribution in [2.45, 2.75) is 31.3 Å². The number of esters is 1. The number of carbonyl (C=O) groups excluding carboxylic acids is 1. The Bertz CT molecular complexity index is 244. The van der Waals surface area contributed by atoms with Crippen molar-refractivity contribution in [3.8, 4) is 0 Å². The largest absolute Gasteiger partial charge is 0.414 e. The highest BCUT2D eigenvalue weighted by atomic mass is 16.6. The third-order valence-corrected chi connectivity index (χ3v) is 2.58. The molecule has 4 atom stereocenters. The van der Waals surface area contributed by atoms with E-state index in [1.54, 1.807) is 14.2 Å². The topological polar surface area (TPSA) is 63.2 Å². The van der Waals surface area contributed by atoms with E-state index in [-0.39, 0.29) is 12.2 Å². The second kappa shape index (κ2) is 6.80. The minimum absolute atomic E-state index is 0.276. The molecule has 0 N–H and O–H groups in total. The van der Waals surface area contributed by atoms with Crippen LogP contribution in [0, 0.1) is 6.61 Å². The van der Waals surface area contributed by atoms with Gasteiger partial charge in [0, 0.05) is 28.3 Å². The van der Waals surface area contributed by atoms with E-state index in [9.17, 15) is 4.79 Å². The highest BCUT2D eigenvalue weighted by molar-refractivity contribution is 5.66. The van der Waals surface area contributed by atoms with Gasteiger partial charge in [0.1, 0.15) is 6.10 Å². The van der Waals surface area contributed by atoms with E-state index >= 15 is 0 Å². The van der Waals surface area contributed by atoms with Gasteiger partial charge in [-0.05, 0) is 0 Å². The molecule has 6 heteroatoms. The van der Waals surface area contributed by atoms with Crippen molar-refractivity contribution in [3.05, 3.63) is 6.61 Å². The molecule has 98 valence electrons. The van der Waals surface area contributed by atoms with Gasteiger partial charge in [0.15, 0.2) is 12.2 Å². The molecule has 1 aliphatic rings. The van der Waals surface area contributed by atoms with Gasteiger partial charge in [-0.3, -0.25) is 4.79 Å². The third-order valence-electron chi connectivity index (χ3n) is 2.58. The van der Waals surface area contributed by atoms with Crippen molar-refractivity contribution in [1.82, 2.24) is 0 Å². The van der Waals surface area contributed by atoms with E-state index in [4.69, 9.17) is 23.7 Å². The summed E-state index contributed by atoms with van der Waals surface area (Å²) in [6.45, 7) is 3.17. The average Bonchev–Trinajstić information content (AvgIpc) is 2.30. The molecular weight excluding hydrogens is 228 g/mol. The van der Waals surface area contributed by atoms with Crippen molar-refractivity contribution >= 4 is 5.97 Å². The van der Waals surface area contributed by atoms with Crippen molar-refractivity contribution < 1.29 is 28.5 Å². The summed E-state index contributed by atoms with van der Waals surface area (Å²) in [7, 11) is 4.67. The van der Waals surface area contributed by atoms with Gasteiger partial charge in [-0.2, -0.15) is 4.74 Å². The summed E-state index contributed by atoms with van der Waals surface area (Å²) in [5.74, 6) is -0.392. The molecule has 0 aromatic heterocycles. The van der Waals surface area contributed by atoms with Gasteiger partial charge >= 0.3 is 5.97 Å². The molecule has 0 saturated carbocycles. The Morgan fingerprint density at radius 3 is 2.35 bits per heavy atom. The zero-order valence-electron chi connectivity index (χ0n) is 10.5. The van der Waals surface area contributed by atoms with Crippen molar-refractivity contribution in [2.24, 2.45) is 0 Å². The van der Waals surface area contributed by atoms with Crippen LogP contribution in [0.5, 0.6) is 0 Å².